The maximum Gasteiger partial charge on any atom is 0.243 e. The molecule has 6 nitrogen and oxygen atoms in total. The number of carbonyl (C=O) groups is 1. The van der Waals surface area contributed by atoms with Gasteiger partial charge in [-0.3, -0.25) is 4.79 Å². The molecule has 1 aliphatic heterocycles. The molecule has 1 fully saturated rings. The van der Waals surface area contributed by atoms with Crippen molar-refractivity contribution < 1.29 is 13.2 Å². The molecule has 0 radical (unpaired) electrons. The van der Waals surface area contributed by atoms with Gasteiger partial charge < -0.3 is 10.6 Å². The summed E-state index contributed by atoms with van der Waals surface area (Å²) in [7, 11) is -3.50. The Morgan fingerprint density at radius 1 is 0.929 bits per heavy atom. The van der Waals surface area contributed by atoms with Gasteiger partial charge in [0.15, 0.2) is 0 Å². The summed E-state index contributed by atoms with van der Waals surface area (Å²) in [6.07, 6.45) is 3.95. The first-order chi connectivity index (χ1) is 13.6. The Morgan fingerprint density at radius 3 is 2.36 bits per heavy atom. The zero-order valence-corrected chi connectivity index (χ0v) is 16.7. The molecule has 2 aromatic carbocycles. The topological polar surface area (TPSA) is 78.5 Å². The van der Waals surface area contributed by atoms with Crippen molar-refractivity contribution in [2.45, 2.75) is 37.1 Å². The molecule has 1 aliphatic rings. The number of sulfonamides is 1. The van der Waals surface area contributed by atoms with Crippen molar-refractivity contribution in [3.8, 4) is 0 Å². The number of amides is 1. The fourth-order valence-corrected chi connectivity index (χ4v) is 4.80. The molecule has 0 aromatic heterocycles. The van der Waals surface area contributed by atoms with Crippen LogP contribution in [-0.2, 0) is 21.4 Å². The molecule has 0 atom stereocenters. The van der Waals surface area contributed by atoms with Crippen molar-refractivity contribution in [2.75, 3.05) is 25.0 Å². The maximum atomic E-state index is 12.9. The number of nitrogens with zero attached hydrogens (tertiary/aromatic N) is 1. The predicted molar refractivity (Wildman–Crippen MR) is 110 cm³/mol. The largest absolute Gasteiger partial charge is 0.376 e. The van der Waals surface area contributed by atoms with Crippen molar-refractivity contribution in [3.63, 3.8) is 0 Å². The molecule has 150 valence electrons. The molecule has 0 aliphatic carbocycles. The molecule has 1 saturated heterocycles. The lowest BCUT2D eigenvalue weighted by molar-refractivity contribution is -0.119. The Kier molecular flexibility index (Phi) is 7.06. The highest BCUT2D eigenvalue weighted by atomic mass is 32.2. The average Bonchev–Trinajstić information content (AvgIpc) is 3.02. The SMILES string of the molecule is O=C(CNc1cccc(S(=O)(=O)N2CCCCCC2)c1)NCc1ccccc1. The third kappa shape index (κ3) is 5.56. The summed E-state index contributed by atoms with van der Waals surface area (Å²) in [4.78, 5) is 12.3. The number of nitrogens with one attached hydrogen (secondary N) is 2. The fourth-order valence-electron chi connectivity index (χ4n) is 3.24. The molecule has 28 heavy (non-hydrogen) atoms. The van der Waals surface area contributed by atoms with Crippen LogP contribution in [0.15, 0.2) is 59.5 Å². The lowest BCUT2D eigenvalue weighted by Gasteiger charge is -2.20. The second-order valence-electron chi connectivity index (χ2n) is 6.96. The van der Waals surface area contributed by atoms with Crippen LogP contribution in [0.1, 0.15) is 31.2 Å². The summed E-state index contributed by atoms with van der Waals surface area (Å²) < 4.78 is 27.4. The summed E-state index contributed by atoms with van der Waals surface area (Å²) in [5.74, 6) is -0.148. The molecule has 0 spiro atoms. The highest BCUT2D eigenvalue weighted by Gasteiger charge is 2.25. The van der Waals surface area contributed by atoms with Gasteiger partial charge in [0.05, 0.1) is 11.4 Å². The summed E-state index contributed by atoms with van der Waals surface area (Å²) in [5.41, 5.74) is 1.65. The number of anilines is 1. The molecule has 2 aromatic rings. The van der Waals surface area contributed by atoms with Gasteiger partial charge in [-0.25, -0.2) is 8.42 Å². The Labute approximate surface area is 167 Å². The number of hydrogen-bond acceptors (Lipinski definition) is 4. The first-order valence-corrected chi connectivity index (χ1v) is 11.1. The summed E-state index contributed by atoms with van der Waals surface area (Å²) in [6, 6.07) is 16.4. The monoisotopic (exact) mass is 401 g/mol. The quantitative estimate of drug-likeness (QED) is 0.748. The smallest absolute Gasteiger partial charge is 0.243 e. The van der Waals surface area contributed by atoms with E-state index in [1.807, 2.05) is 30.3 Å². The van der Waals surface area contributed by atoms with Crippen molar-refractivity contribution in [1.82, 2.24) is 9.62 Å². The zero-order valence-electron chi connectivity index (χ0n) is 15.9. The van der Waals surface area contributed by atoms with Crippen LogP contribution in [0.25, 0.3) is 0 Å². The Hall–Kier alpha value is -2.38. The standard InChI is InChI=1S/C21H27N3O3S/c25-21(23-16-18-9-4-3-5-10-18)17-22-19-11-8-12-20(15-19)28(26,27)24-13-6-1-2-7-14-24/h3-5,8-12,15,22H,1-2,6-7,13-14,16-17H2,(H,23,25). The summed E-state index contributed by atoms with van der Waals surface area (Å²) >= 11 is 0. The van der Waals surface area contributed by atoms with E-state index in [9.17, 15) is 13.2 Å². The molecule has 2 N–H and O–H groups in total. The highest BCUT2D eigenvalue weighted by Crippen LogP contribution is 2.22. The van der Waals surface area contributed by atoms with Gasteiger partial charge in [-0.15, -0.1) is 0 Å². The van der Waals surface area contributed by atoms with Gasteiger partial charge in [0.25, 0.3) is 0 Å². The first kappa shape index (κ1) is 20.4. The molecule has 7 heteroatoms. The molecule has 0 bridgehead atoms. The second-order valence-corrected chi connectivity index (χ2v) is 8.90. The fraction of sp³-hybridized carbons (Fsp3) is 0.381. The first-order valence-electron chi connectivity index (χ1n) is 9.70. The molecule has 1 amide bonds. The number of benzene rings is 2. The van der Waals surface area contributed by atoms with Crippen LogP contribution in [0.5, 0.6) is 0 Å². The van der Waals surface area contributed by atoms with Crippen molar-refractivity contribution in [2.24, 2.45) is 0 Å². The molecule has 0 unspecified atom stereocenters. The van der Waals surface area contributed by atoms with Crippen LogP contribution in [0, 0.1) is 0 Å². The third-order valence-corrected chi connectivity index (χ3v) is 6.72. The van der Waals surface area contributed by atoms with E-state index in [-0.39, 0.29) is 17.3 Å². The molecular formula is C21H27N3O3S. The Morgan fingerprint density at radius 2 is 1.64 bits per heavy atom. The van der Waals surface area contributed by atoms with E-state index in [0.717, 1.165) is 31.2 Å². The summed E-state index contributed by atoms with van der Waals surface area (Å²) in [5, 5.41) is 5.86. The van der Waals surface area contributed by atoms with Crippen LogP contribution in [0.3, 0.4) is 0 Å². The van der Waals surface area contributed by atoms with Crippen LogP contribution in [-0.4, -0.2) is 38.3 Å². The lowest BCUT2D eigenvalue weighted by Crippen LogP contribution is -2.32. The van der Waals surface area contributed by atoms with Gasteiger partial charge in [-0.2, -0.15) is 4.31 Å². The van der Waals surface area contributed by atoms with Crippen LogP contribution in [0.4, 0.5) is 5.69 Å². The van der Waals surface area contributed by atoms with Crippen molar-refractivity contribution in [3.05, 3.63) is 60.2 Å². The van der Waals surface area contributed by atoms with E-state index < -0.39 is 10.0 Å². The normalized spacial score (nSPS) is 15.6. The molecule has 0 saturated carbocycles. The number of carbonyl (C=O) groups excluding carboxylic acids is 1. The Bertz CT molecular complexity index is 877. The highest BCUT2D eigenvalue weighted by molar-refractivity contribution is 7.89. The maximum absolute atomic E-state index is 12.9. The van der Waals surface area contributed by atoms with E-state index >= 15 is 0 Å². The van der Waals surface area contributed by atoms with Crippen LogP contribution < -0.4 is 10.6 Å². The van der Waals surface area contributed by atoms with Gasteiger partial charge >= 0.3 is 0 Å². The minimum absolute atomic E-state index is 0.0834. The van der Waals surface area contributed by atoms with E-state index in [2.05, 4.69) is 10.6 Å². The van der Waals surface area contributed by atoms with Gasteiger partial charge in [0, 0.05) is 25.3 Å². The number of hydrogen-bond donors (Lipinski definition) is 2. The van der Waals surface area contributed by atoms with E-state index in [4.69, 9.17) is 0 Å². The van der Waals surface area contributed by atoms with Crippen LogP contribution in [0.2, 0.25) is 0 Å². The van der Waals surface area contributed by atoms with Crippen molar-refractivity contribution >= 4 is 21.6 Å². The summed E-state index contributed by atoms with van der Waals surface area (Å²) in [6.45, 7) is 1.69. The van der Waals surface area contributed by atoms with E-state index in [0.29, 0.717) is 25.3 Å². The van der Waals surface area contributed by atoms with Crippen LogP contribution >= 0.6 is 0 Å². The zero-order chi connectivity index (χ0) is 19.8. The van der Waals surface area contributed by atoms with E-state index in [1.165, 1.54) is 0 Å². The lowest BCUT2D eigenvalue weighted by atomic mass is 10.2. The third-order valence-electron chi connectivity index (χ3n) is 4.82. The van der Waals surface area contributed by atoms with Gasteiger partial charge in [-0.1, -0.05) is 49.2 Å². The molecule has 1 heterocycles. The minimum atomic E-state index is -3.50. The predicted octanol–water partition coefficient (Wildman–Crippen LogP) is 2.98. The van der Waals surface area contributed by atoms with Crippen molar-refractivity contribution in [1.29, 1.82) is 0 Å². The molecular weight excluding hydrogens is 374 g/mol. The second kappa shape index (κ2) is 9.71. The van der Waals surface area contributed by atoms with Gasteiger partial charge in [-0.05, 0) is 36.6 Å². The average molecular weight is 402 g/mol. The minimum Gasteiger partial charge on any atom is -0.376 e. The molecule has 3 rings (SSSR count). The van der Waals surface area contributed by atoms with Gasteiger partial charge in [0.1, 0.15) is 0 Å². The number of rotatable bonds is 7. The Balaban J connectivity index is 1.57. The van der Waals surface area contributed by atoms with E-state index in [1.54, 1.807) is 28.6 Å². The van der Waals surface area contributed by atoms with Gasteiger partial charge in [0.2, 0.25) is 15.9 Å².